The molecule has 0 saturated heterocycles. The van der Waals surface area contributed by atoms with Crippen LogP contribution in [0.2, 0.25) is 0 Å². The minimum atomic E-state index is 1.02. The molecule has 1 nitrogen and oxygen atoms in total. The van der Waals surface area contributed by atoms with Crippen LogP contribution in [0.25, 0.3) is 6.08 Å². The topological polar surface area (TPSA) is 3.24 Å². The Morgan fingerprint density at radius 3 is 2.83 bits per heavy atom. The highest BCUT2D eigenvalue weighted by atomic mass is 35.5. The number of hydrogen-bond acceptors (Lipinski definition) is 1. The fourth-order valence-corrected chi connectivity index (χ4v) is 1.41. The molecule has 1 aromatic rings. The van der Waals surface area contributed by atoms with E-state index in [1.807, 2.05) is 48.7 Å². The van der Waals surface area contributed by atoms with Gasteiger partial charge in [-0.25, -0.2) is 0 Å². The van der Waals surface area contributed by atoms with Crippen molar-refractivity contribution in [1.29, 1.82) is 0 Å². The molecule has 2 heteroatoms. The van der Waals surface area contributed by atoms with Crippen molar-refractivity contribution in [3.63, 3.8) is 0 Å². The summed E-state index contributed by atoms with van der Waals surface area (Å²) in [4.78, 5) is 0. The number of fused-ring (bicyclic) bond motifs is 1. The maximum atomic E-state index is 5.96. The Morgan fingerprint density at radius 2 is 1.92 bits per heavy atom. The SMILES string of the molecule is ClN1C=CC=Cc2ccccc21. The minimum Gasteiger partial charge on any atom is -0.260 e. The van der Waals surface area contributed by atoms with Crippen LogP contribution in [-0.2, 0) is 0 Å². The summed E-state index contributed by atoms with van der Waals surface area (Å²) in [5.74, 6) is 0. The second-order valence-corrected chi connectivity index (χ2v) is 2.93. The summed E-state index contributed by atoms with van der Waals surface area (Å²) < 4.78 is 1.59. The van der Waals surface area contributed by atoms with Crippen LogP contribution in [0, 0.1) is 0 Å². The van der Waals surface area contributed by atoms with Crippen LogP contribution in [0.5, 0.6) is 0 Å². The van der Waals surface area contributed by atoms with E-state index in [9.17, 15) is 0 Å². The van der Waals surface area contributed by atoms with Crippen molar-refractivity contribution >= 4 is 23.5 Å². The van der Waals surface area contributed by atoms with Crippen LogP contribution in [0.3, 0.4) is 0 Å². The number of benzene rings is 1. The second-order valence-electron chi connectivity index (χ2n) is 2.57. The van der Waals surface area contributed by atoms with Crippen molar-refractivity contribution in [3.8, 4) is 0 Å². The van der Waals surface area contributed by atoms with Crippen molar-refractivity contribution < 1.29 is 0 Å². The van der Waals surface area contributed by atoms with Gasteiger partial charge in [0.05, 0.1) is 5.69 Å². The first-order valence-corrected chi connectivity index (χ1v) is 4.10. The van der Waals surface area contributed by atoms with E-state index in [4.69, 9.17) is 11.8 Å². The molecule has 0 saturated carbocycles. The average Bonchev–Trinajstić information content (AvgIpc) is 2.29. The van der Waals surface area contributed by atoms with Crippen molar-refractivity contribution in [2.24, 2.45) is 0 Å². The first kappa shape index (κ1) is 7.44. The smallest absolute Gasteiger partial charge is 0.0646 e. The van der Waals surface area contributed by atoms with Crippen molar-refractivity contribution in [2.45, 2.75) is 0 Å². The van der Waals surface area contributed by atoms with E-state index in [0.29, 0.717) is 0 Å². The predicted octanol–water partition coefficient (Wildman–Crippen LogP) is 3.19. The standard InChI is InChI=1S/C10H8ClN/c11-12-8-4-3-6-9-5-1-2-7-10(9)12/h1-8H. The molecule has 12 heavy (non-hydrogen) atoms. The van der Waals surface area contributed by atoms with Gasteiger partial charge in [0.25, 0.3) is 0 Å². The lowest BCUT2D eigenvalue weighted by Gasteiger charge is -2.11. The molecule has 0 amide bonds. The van der Waals surface area contributed by atoms with Gasteiger partial charge < -0.3 is 0 Å². The van der Waals surface area contributed by atoms with Gasteiger partial charge >= 0.3 is 0 Å². The summed E-state index contributed by atoms with van der Waals surface area (Å²) >= 11 is 5.96. The van der Waals surface area contributed by atoms with Crippen LogP contribution in [0.4, 0.5) is 5.69 Å². The van der Waals surface area contributed by atoms with Gasteiger partial charge in [-0.1, -0.05) is 30.4 Å². The summed E-state index contributed by atoms with van der Waals surface area (Å²) in [6.07, 6.45) is 7.74. The average molecular weight is 178 g/mol. The molecular weight excluding hydrogens is 170 g/mol. The van der Waals surface area contributed by atoms with Gasteiger partial charge in [-0.3, -0.25) is 4.42 Å². The maximum Gasteiger partial charge on any atom is 0.0646 e. The molecule has 0 fully saturated rings. The lowest BCUT2D eigenvalue weighted by atomic mass is 10.2. The first-order valence-electron chi connectivity index (χ1n) is 3.77. The third-order valence-corrected chi connectivity index (χ3v) is 2.07. The van der Waals surface area contributed by atoms with Gasteiger partial charge in [0.2, 0.25) is 0 Å². The Kier molecular flexibility index (Phi) is 1.88. The van der Waals surface area contributed by atoms with E-state index >= 15 is 0 Å². The van der Waals surface area contributed by atoms with Gasteiger partial charge in [0.15, 0.2) is 0 Å². The Bertz CT molecular complexity index is 341. The number of para-hydroxylation sites is 1. The lowest BCUT2D eigenvalue weighted by molar-refractivity contribution is 1.43. The third-order valence-electron chi connectivity index (χ3n) is 1.77. The molecule has 0 bridgehead atoms. The van der Waals surface area contributed by atoms with Crippen molar-refractivity contribution in [3.05, 3.63) is 48.2 Å². The third kappa shape index (κ3) is 1.23. The highest BCUT2D eigenvalue weighted by molar-refractivity contribution is 6.27. The van der Waals surface area contributed by atoms with E-state index < -0.39 is 0 Å². The van der Waals surface area contributed by atoms with Crippen LogP contribution < -0.4 is 4.42 Å². The molecular formula is C10H8ClN. The summed E-state index contributed by atoms with van der Waals surface area (Å²) in [6, 6.07) is 8.00. The summed E-state index contributed by atoms with van der Waals surface area (Å²) in [6.45, 7) is 0. The number of hydrogen-bond donors (Lipinski definition) is 0. The molecule has 0 spiro atoms. The minimum absolute atomic E-state index is 1.02. The zero-order valence-electron chi connectivity index (χ0n) is 6.44. The van der Waals surface area contributed by atoms with Gasteiger partial charge in [-0.05, 0) is 17.7 Å². The van der Waals surface area contributed by atoms with Gasteiger partial charge in [0, 0.05) is 18.0 Å². The van der Waals surface area contributed by atoms with Crippen molar-refractivity contribution in [2.75, 3.05) is 4.42 Å². The summed E-state index contributed by atoms with van der Waals surface area (Å²) in [5.41, 5.74) is 2.15. The molecule has 0 aromatic heterocycles. The molecule has 60 valence electrons. The van der Waals surface area contributed by atoms with E-state index in [-0.39, 0.29) is 0 Å². The number of rotatable bonds is 0. The normalized spacial score (nSPS) is 14.2. The van der Waals surface area contributed by atoms with Crippen molar-refractivity contribution in [1.82, 2.24) is 0 Å². The Balaban J connectivity index is 2.56. The first-order chi connectivity index (χ1) is 5.88. The molecule has 2 rings (SSSR count). The molecule has 1 heterocycles. The van der Waals surface area contributed by atoms with Gasteiger partial charge in [-0.2, -0.15) is 0 Å². The number of nitrogens with zero attached hydrogens (tertiary/aromatic N) is 1. The predicted molar refractivity (Wildman–Crippen MR) is 52.9 cm³/mol. The molecule has 0 aliphatic carbocycles. The van der Waals surface area contributed by atoms with Crippen LogP contribution >= 0.6 is 11.8 Å². The van der Waals surface area contributed by atoms with E-state index in [2.05, 4.69) is 0 Å². The fourth-order valence-electron chi connectivity index (χ4n) is 1.19. The molecule has 0 radical (unpaired) electrons. The van der Waals surface area contributed by atoms with Crippen LogP contribution in [0.1, 0.15) is 5.56 Å². The number of allylic oxidation sites excluding steroid dienone is 2. The maximum absolute atomic E-state index is 5.96. The molecule has 1 aliphatic heterocycles. The quantitative estimate of drug-likeness (QED) is 0.551. The largest absolute Gasteiger partial charge is 0.260 e. The van der Waals surface area contributed by atoms with Gasteiger partial charge in [0.1, 0.15) is 0 Å². The monoisotopic (exact) mass is 177 g/mol. The number of anilines is 1. The molecule has 1 aromatic carbocycles. The van der Waals surface area contributed by atoms with E-state index in [0.717, 1.165) is 11.3 Å². The Hall–Kier alpha value is -1.21. The zero-order valence-corrected chi connectivity index (χ0v) is 7.20. The van der Waals surface area contributed by atoms with Gasteiger partial charge in [-0.15, -0.1) is 0 Å². The van der Waals surface area contributed by atoms with E-state index in [1.54, 1.807) is 4.42 Å². The lowest BCUT2D eigenvalue weighted by Crippen LogP contribution is -1.99. The highest BCUT2D eigenvalue weighted by Crippen LogP contribution is 2.25. The van der Waals surface area contributed by atoms with Crippen LogP contribution in [0.15, 0.2) is 42.6 Å². The molecule has 0 N–H and O–H groups in total. The van der Waals surface area contributed by atoms with Crippen LogP contribution in [-0.4, -0.2) is 0 Å². The van der Waals surface area contributed by atoms with E-state index in [1.165, 1.54) is 0 Å². The highest BCUT2D eigenvalue weighted by Gasteiger charge is 2.04. The Morgan fingerprint density at radius 1 is 1.08 bits per heavy atom. The molecule has 0 atom stereocenters. The summed E-state index contributed by atoms with van der Waals surface area (Å²) in [7, 11) is 0. The Labute approximate surface area is 76.7 Å². The number of halogens is 1. The molecule has 1 aliphatic rings. The molecule has 0 unspecified atom stereocenters. The fraction of sp³-hybridized carbons (Fsp3) is 0. The zero-order chi connectivity index (χ0) is 8.39. The summed E-state index contributed by atoms with van der Waals surface area (Å²) in [5, 5.41) is 0. The second kappa shape index (κ2) is 3.03.